The second kappa shape index (κ2) is 7.64. The number of benzene rings is 1. The van der Waals surface area contributed by atoms with Gasteiger partial charge in [-0.25, -0.2) is 0 Å². The molecule has 0 saturated carbocycles. The van der Waals surface area contributed by atoms with E-state index >= 15 is 0 Å². The number of oxime groups is 1. The molecule has 5 heteroatoms. The van der Waals surface area contributed by atoms with E-state index in [0.717, 1.165) is 29.9 Å². The summed E-state index contributed by atoms with van der Waals surface area (Å²) in [5.41, 5.74) is 2.81. The molecule has 1 N–H and O–H groups in total. The Morgan fingerprint density at radius 2 is 2.05 bits per heavy atom. The third kappa shape index (κ3) is 4.76. The lowest BCUT2D eigenvalue weighted by Crippen LogP contribution is -1.98. The van der Waals surface area contributed by atoms with Crippen molar-refractivity contribution in [3.8, 4) is 5.75 Å². The number of aryl methyl sites for hydroxylation is 1. The van der Waals surface area contributed by atoms with Crippen molar-refractivity contribution in [2.24, 2.45) is 5.16 Å². The van der Waals surface area contributed by atoms with Gasteiger partial charge in [0.15, 0.2) is 0 Å². The molecule has 1 heterocycles. The van der Waals surface area contributed by atoms with E-state index in [1.54, 1.807) is 19.3 Å². The fourth-order valence-electron chi connectivity index (χ4n) is 1.81. The zero-order valence-electron chi connectivity index (χ0n) is 11.8. The summed E-state index contributed by atoms with van der Waals surface area (Å²) in [6.07, 6.45) is 4.88. The highest BCUT2D eigenvalue weighted by atomic mass is 35.5. The Balaban J connectivity index is 1.89. The number of pyridine rings is 1. The van der Waals surface area contributed by atoms with E-state index in [1.165, 1.54) is 5.56 Å². The maximum atomic E-state index is 8.61. The van der Waals surface area contributed by atoms with Gasteiger partial charge in [-0.3, -0.25) is 4.98 Å². The van der Waals surface area contributed by atoms with E-state index in [1.807, 2.05) is 30.3 Å². The first-order valence-electron chi connectivity index (χ1n) is 6.66. The van der Waals surface area contributed by atoms with Crippen molar-refractivity contribution in [1.82, 2.24) is 4.98 Å². The van der Waals surface area contributed by atoms with Crippen LogP contribution in [0.4, 0.5) is 0 Å². The Bertz CT molecular complexity index is 612. The Labute approximate surface area is 129 Å². The van der Waals surface area contributed by atoms with Crippen LogP contribution in [-0.4, -0.2) is 15.9 Å². The largest absolute Gasteiger partial charge is 0.489 e. The van der Waals surface area contributed by atoms with Crippen molar-refractivity contribution in [3.05, 3.63) is 58.9 Å². The van der Waals surface area contributed by atoms with Gasteiger partial charge in [0.1, 0.15) is 12.4 Å². The molecule has 2 rings (SSSR count). The summed E-state index contributed by atoms with van der Waals surface area (Å²) < 4.78 is 5.70. The molecule has 0 aliphatic rings. The molecule has 1 aromatic carbocycles. The molecule has 0 spiro atoms. The lowest BCUT2D eigenvalue weighted by atomic mass is 10.1. The van der Waals surface area contributed by atoms with E-state index < -0.39 is 0 Å². The molecule has 0 aliphatic heterocycles. The SMILES string of the molecule is CC(CCc1ccc(OCc2ccncc2Cl)cc1)=NO. The molecule has 0 unspecified atom stereocenters. The Hall–Kier alpha value is -2.07. The van der Waals surface area contributed by atoms with Crippen LogP contribution in [0, 0.1) is 0 Å². The predicted molar refractivity (Wildman–Crippen MR) is 83.2 cm³/mol. The minimum atomic E-state index is 0.414. The highest BCUT2D eigenvalue weighted by molar-refractivity contribution is 6.31. The average molecular weight is 305 g/mol. The van der Waals surface area contributed by atoms with Crippen LogP contribution in [0.25, 0.3) is 0 Å². The summed E-state index contributed by atoms with van der Waals surface area (Å²) in [4.78, 5) is 3.94. The van der Waals surface area contributed by atoms with Crippen LogP contribution in [0.2, 0.25) is 5.02 Å². The van der Waals surface area contributed by atoms with Crippen LogP contribution >= 0.6 is 11.6 Å². The van der Waals surface area contributed by atoms with Crippen molar-refractivity contribution in [3.63, 3.8) is 0 Å². The zero-order chi connectivity index (χ0) is 15.1. The second-order valence-corrected chi connectivity index (χ2v) is 5.14. The topological polar surface area (TPSA) is 54.7 Å². The monoisotopic (exact) mass is 304 g/mol. The minimum absolute atomic E-state index is 0.414. The molecule has 2 aromatic rings. The van der Waals surface area contributed by atoms with Gasteiger partial charge in [-0.15, -0.1) is 0 Å². The van der Waals surface area contributed by atoms with Crippen molar-refractivity contribution in [2.75, 3.05) is 0 Å². The zero-order valence-corrected chi connectivity index (χ0v) is 12.5. The van der Waals surface area contributed by atoms with Gasteiger partial charge in [0.05, 0.1) is 10.7 Å². The van der Waals surface area contributed by atoms with Crippen molar-refractivity contribution in [1.29, 1.82) is 0 Å². The number of halogens is 1. The minimum Gasteiger partial charge on any atom is -0.489 e. The first kappa shape index (κ1) is 15.3. The lowest BCUT2D eigenvalue weighted by Gasteiger charge is -2.08. The fraction of sp³-hybridized carbons (Fsp3) is 0.250. The average Bonchev–Trinajstić information content (AvgIpc) is 2.53. The van der Waals surface area contributed by atoms with Crippen LogP contribution < -0.4 is 4.74 Å². The first-order chi connectivity index (χ1) is 10.2. The number of hydrogen-bond acceptors (Lipinski definition) is 4. The molecule has 4 nitrogen and oxygen atoms in total. The lowest BCUT2D eigenvalue weighted by molar-refractivity contribution is 0.306. The molecule has 0 aliphatic carbocycles. The summed E-state index contributed by atoms with van der Waals surface area (Å²) in [5.74, 6) is 0.791. The molecule has 0 saturated heterocycles. The summed E-state index contributed by atoms with van der Waals surface area (Å²) >= 11 is 6.03. The standard InChI is InChI=1S/C16H17ClN2O2/c1-12(19-20)2-3-13-4-6-15(7-5-13)21-11-14-8-9-18-10-16(14)17/h4-10,20H,2-3,11H2,1H3. The normalized spacial score (nSPS) is 11.4. The Morgan fingerprint density at radius 3 is 2.71 bits per heavy atom. The third-order valence-electron chi connectivity index (χ3n) is 3.12. The van der Waals surface area contributed by atoms with E-state index in [0.29, 0.717) is 11.6 Å². The third-order valence-corrected chi connectivity index (χ3v) is 3.46. The van der Waals surface area contributed by atoms with Crippen molar-refractivity contribution in [2.45, 2.75) is 26.4 Å². The van der Waals surface area contributed by atoms with Gasteiger partial charge in [0.2, 0.25) is 0 Å². The van der Waals surface area contributed by atoms with Gasteiger partial charge >= 0.3 is 0 Å². The van der Waals surface area contributed by atoms with Crippen molar-refractivity contribution < 1.29 is 9.94 Å². The number of ether oxygens (including phenoxy) is 1. The van der Waals surface area contributed by atoms with E-state index in [9.17, 15) is 0 Å². The molecule has 0 radical (unpaired) electrons. The molecular weight excluding hydrogens is 288 g/mol. The first-order valence-corrected chi connectivity index (χ1v) is 7.04. The van der Waals surface area contributed by atoms with Crippen molar-refractivity contribution >= 4 is 17.3 Å². The quantitative estimate of drug-likeness (QED) is 0.496. The van der Waals surface area contributed by atoms with E-state index in [4.69, 9.17) is 21.5 Å². The van der Waals surface area contributed by atoms with Crippen LogP contribution in [-0.2, 0) is 13.0 Å². The smallest absolute Gasteiger partial charge is 0.119 e. The van der Waals surface area contributed by atoms with E-state index in [-0.39, 0.29) is 0 Å². The maximum Gasteiger partial charge on any atom is 0.119 e. The number of aromatic nitrogens is 1. The molecule has 1 aromatic heterocycles. The summed E-state index contributed by atoms with van der Waals surface area (Å²) in [7, 11) is 0. The Kier molecular flexibility index (Phi) is 5.58. The molecule has 21 heavy (non-hydrogen) atoms. The Morgan fingerprint density at radius 1 is 1.29 bits per heavy atom. The van der Waals surface area contributed by atoms with E-state index in [2.05, 4.69) is 10.1 Å². The van der Waals surface area contributed by atoms with Gasteiger partial charge in [0.25, 0.3) is 0 Å². The van der Waals surface area contributed by atoms with Crippen LogP contribution in [0.5, 0.6) is 5.75 Å². The number of nitrogens with zero attached hydrogens (tertiary/aromatic N) is 2. The maximum absolute atomic E-state index is 8.61. The van der Waals surface area contributed by atoms with Crippen LogP contribution in [0.15, 0.2) is 47.9 Å². The number of hydrogen-bond donors (Lipinski definition) is 1. The molecule has 0 amide bonds. The molecule has 0 bridgehead atoms. The van der Waals surface area contributed by atoms with Crippen LogP contribution in [0.1, 0.15) is 24.5 Å². The molecular formula is C16H17ClN2O2. The van der Waals surface area contributed by atoms with Gasteiger partial charge < -0.3 is 9.94 Å². The summed E-state index contributed by atoms with van der Waals surface area (Å²) in [5, 5.41) is 12.4. The number of rotatable bonds is 6. The molecule has 0 fully saturated rings. The summed E-state index contributed by atoms with van der Waals surface area (Å²) in [6.45, 7) is 2.22. The predicted octanol–water partition coefficient (Wildman–Crippen LogP) is 4.10. The molecule has 0 atom stereocenters. The highest BCUT2D eigenvalue weighted by Crippen LogP contribution is 2.18. The van der Waals surface area contributed by atoms with Crippen LogP contribution in [0.3, 0.4) is 0 Å². The fourth-order valence-corrected chi connectivity index (χ4v) is 1.98. The molecule has 110 valence electrons. The van der Waals surface area contributed by atoms with Gasteiger partial charge in [-0.1, -0.05) is 28.9 Å². The van der Waals surface area contributed by atoms with Gasteiger partial charge in [-0.05, 0) is 43.5 Å². The highest BCUT2D eigenvalue weighted by Gasteiger charge is 2.02. The van der Waals surface area contributed by atoms with Gasteiger partial charge in [0, 0.05) is 18.0 Å². The van der Waals surface area contributed by atoms with Gasteiger partial charge in [-0.2, -0.15) is 0 Å². The summed E-state index contributed by atoms with van der Waals surface area (Å²) in [6, 6.07) is 9.71. The second-order valence-electron chi connectivity index (χ2n) is 4.73.